The van der Waals surface area contributed by atoms with Crippen LogP contribution in [0.4, 0.5) is 8.78 Å². The number of methoxy groups -OCH3 is 1. The van der Waals surface area contributed by atoms with Crippen LogP contribution in [0.25, 0.3) is 11.5 Å². The molecule has 0 N–H and O–H groups in total. The summed E-state index contributed by atoms with van der Waals surface area (Å²) in [6.45, 7) is 0. The molecule has 2 aromatic heterocycles. The fraction of sp³-hybridized carbons (Fsp3) is 0.222. The fourth-order valence-electron chi connectivity index (χ4n) is 2.95. The first-order chi connectivity index (χ1) is 12.2. The molecule has 0 spiro atoms. The monoisotopic (exact) mass is 340 g/mol. The maximum atomic E-state index is 13.7. The summed E-state index contributed by atoms with van der Waals surface area (Å²) in [6.07, 6.45) is 9.10. The van der Waals surface area contributed by atoms with Crippen molar-refractivity contribution in [1.29, 1.82) is 0 Å². The summed E-state index contributed by atoms with van der Waals surface area (Å²) in [5, 5.41) is 0. The van der Waals surface area contributed by atoms with Crippen LogP contribution in [0.5, 0.6) is 5.75 Å². The molecule has 7 heteroatoms. The minimum Gasteiger partial charge on any atom is -0.494 e. The van der Waals surface area contributed by atoms with Crippen LogP contribution < -0.4 is 4.74 Å². The Balaban J connectivity index is 1.55. The van der Waals surface area contributed by atoms with E-state index in [2.05, 4.69) is 19.9 Å². The number of nitrogens with zero attached hydrogens (tertiary/aromatic N) is 4. The molecule has 0 saturated heterocycles. The molecule has 0 radical (unpaired) electrons. The van der Waals surface area contributed by atoms with Crippen LogP contribution in [0.15, 0.2) is 43.1 Å². The minimum atomic E-state index is -0.958. The van der Waals surface area contributed by atoms with E-state index >= 15 is 0 Å². The number of hydrogen-bond donors (Lipinski definition) is 0. The van der Waals surface area contributed by atoms with Crippen molar-refractivity contribution in [1.82, 2.24) is 19.9 Å². The lowest BCUT2D eigenvalue weighted by atomic mass is 10.1. The maximum Gasteiger partial charge on any atom is 0.200 e. The van der Waals surface area contributed by atoms with Gasteiger partial charge >= 0.3 is 0 Å². The Morgan fingerprint density at radius 2 is 1.72 bits per heavy atom. The zero-order chi connectivity index (χ0) is 17.4. The van der Waals surface area contributed by atoms with E-state index in [4.69, 9.17) is 4.74 Å². The van der Waals surface area contributed by atoms with Crippen LogP contribution in [-0.2, 0) is 0 Å². The third kappa shape index (κ3) is 2.93. The molecule has 1 saturated carbocycles. The SMILES string of the molecule is COc1cc(C2CC2c2cnc(-c3cnccn3)nc2)cc(F)c1F. The number of ether oxygens (including phenoxy) is 1. The molecule has 4 rings (SSSR count). The van der Waals surface area contributed by atoms with Gasteiger partial charge in [0, 0.05) is 24.8 Å². The van der Waals surface area contributed by atoms with Gasteiger partial charge in [-0.15, -0.1) is 0 Å². The van der Waals surface area contributed by atoms with E-state index in [0.29, 0.717) is 11.5 Å². The molecular formula is C18H14F2N4O. The average molecular weight is 340 g/mol. The summed E-state index contributed by atoms with van der Waals surface area (Å²) in [7, 11) is 1.32. The van der Waals surface area contributed by atoms with Gasteiger partial charge in [-0.2, -0.15) is 4.39 Å². The van der Waals surface area contributed by atoms with Crippen molar-refractivity contribution in [2.75, 3.05) is 7.11 Å². The smallest absolute Gasteiger partial charge is 0.200 e. The zero-order valence-electron chi connectivity index (χ0n) is 13.4. The van der Waals surface area contributed by atoms with E-state index in [1.807, 2.05) is 0 Å². The second-order valence-electron chi connectivity index (χ2n) is 5.90. The summed E-state index contributed by atoms with van der Waals surface area (Å²) in [4.78, 5) is 16.8. The van der Waals surface area contributed by atoms with Crippen molar-refractivity contribution in [3.05, 3.63) is 65.9 Å². The van der Waals surface area contributed by atoms with Gasteiger partial charge in [0.15, 0.2) is 17.4 Å². The Bertz CT molecular complexity index is 903. The molecule has 1 aromatic carbocycles. The van der Waals surface area contributed by atoms with E-state index < -0.39 is 11.6 Å². The molecular weight excluding hydrogens is 326 g/mol. The number of rotatable bonds is 4. The van der Waals surface area contributed by atoms with Crippen molar-refractivity contribution in [2.24, 2.45) is 0 Å². The summed E-state index contributed by atoms with van der Waals surface area (Å²) < 4.78 is 32.2. The van der Waals surface area contributed by atoms with Crippen LogP contribution >= 0.6 is 0 Å². The van der Waals surface area contributed by atoms with Gasteiger partial charge in [0.1, 0.15) is 5.69 Å². The van der Waals surface area contributed by atoms with Gasteiger partial charge in [0.2, 0.25) is 5.82 Å². The van der Waals surface area contributed by atoms with Crippen molar-refractivity contribution in [3.8, 4) is 17.3 Å². The van der Waals surface area contributed by atoms with Gasteiger partial charge in [-0.1, -0.05) is 0 Å². The molecule has 0 amide bonds. The molecule has 0 bridgehead atoms. The molecule has 5 nitrogen and oxygen atoms in total. The highest BCUT2D eigenvalue weighted by Gasteiger charge is 2.40. The predicted octanol–water partition coefficient (Wildman–Crippen LogP) is 3.49. The highest BCUT2D eigenvalue weighted by Crippen LogP contribution is 2.55. The Morgan fingerprint density at radius 1 is 0.960 bits per heavy atom. The topological polar surface area (TPSA) is 60.8 Å². The minimum absolute atomic E-state index is 0.0742. The molecule has 1 aliphatic carbocycles. The number of aromatic nitrogens is 4. The van der Waals surface area contributed by atoms with Gasteiger partial charge in [0.25, 0.3) is 0 Å². The number of benzene rings is 1. The second-order valence-corrected chi connectivity index (χ2v) is 5.90. The highest BCUT2D eigenvalue weighted by molar-refractivity contribution is 5.47. The quantitative estimate of drug-likeness (QED) is 0.727. The number of hydrogen-bond acceptors (Lipinski definition) is 5. The normalized spacial score (nSPS) is 18.8. The molecule has 0 aliphatic heterocycles. The van der Waals surface area contributed by atoms with Gasteiger partial charge in [0.05, 0.1) is 13.3 Å². The predicted molar refractivity (Wildman–Crippen MR) is 86.1 cm³/mol. The van der Waals surface area contributed by atoms with Crippen LogP contribution in [0.2, 0.25) is 0 Å². The molecule has 2 atom stereocenters. The lowest BCUT2D eigenvalue weighted by Crippen LogP contribution is -1.96. The summed E-state index contributed by atoms with van der Waals surface area (Å²) in [5.74, 6) is -1.13. The third-order valence-electron chi connectivity index (χ3n) is 4.35. The molecule has 1 aliphatic rings. The van der Waals surface area contributed by atoms with Crippen LogP contribution in [0.3, 0.4) is 0 Å². The first-order valence-electron chi connectivity index (χ1n) is 7.78. The fourth-order valence-corrected chi connectivity index (χ4v) is 2.95. The Hall–Kier alpha value is -2.96. The zero-order valence-corrected chi connectivity index (χ0v) is 13.4. The van der Waals surface area contributed by atoms with Gasteiger partial charge in [-0.25, -0.2) is 19.3 Å². The summed E-state index contributed by atoms with van der Waals surface area (Å²) in [5.41, 5.74) is 2.28. The van der Waals surface area contributed by atoms with E-state index in [9.17, 15) is 8.78 Å². The third-order valence-corrected chi connectivity index (χ3v) is 4.35. The van der Waals surface area contributed by atoms with Gasteiger partial charge in [-0.05, 0) is 41.5 Å². The van der Waals surface area contributed by atoms with E-state index in [1.165, 1.54) is 13.2 Å². The summed E-state index contributed by atoms with van der Waals surface area (Å²) in [6, 6.07) is 2.79. The van der Waals surface area contributed by atoms with Crippen molar-refractivity contribution in [2.45, 2.75) is 18.3 Å². The van der Waals surface area contributed by atoms with Crippen LogP contribution in [-0.4, -0.2) is 27.0 Å². The molecule has 1 fully saturated rings. The molecule has 2 heterocycles. The maximum absolute atomic E-state index is 13.7. The average Bonchev–Trinajstić information content (AvgIpc) is 3.45. The Kier molecular flexibility index (Phi) is 3.83. The highest BCUT2D eigenvalue weighted by atomic mass is 19.2. The standard InChI is InChI=1S/C18H14F2N4O/c1-25-16-5-10(4-14(19)17(16)20)12-6-13(12)11-7-23-18(24-8-11)15-9-21-2-3-22-15/h2-5,7-9,12-13H,6H2,1H3. The van der Waals surface area contributed by atoms with E-state index in [1.54, 1.807) is 37.1 Å². The molecule has 126 valence electrons. The second kappa shape index (κ2) is 6.16. The van der Waals surface area contributed by atoms with Crippen LogP contribution in [0, 0.1) is 11.6 Å². The van der Waals surface area contributed by atoms with Gasteiger partial charge < -0.3 is 4.74 Å². The Labute approximate surface area is 142 Å². The van der Waals surface area contributed by atoms with Crippen molar-refractivity contribution in [3.63, 3.8) is 0 Å². The molecule has 3 aromatic rings. The van der Waals surface area contributed by atoms with E-state index in [0.717, 1.165) is 17.5 Å². The van der Waals surface area contributed by atoms with Crippen molar-refractivity contribution < 1.29 is 13.5 Å². The van der Waals surface area contributed by atoms with Crippen LogP contribution in [0.1, 0.15) is 29.4 Å². The lowest BCUT2D eigenvalue weighted by Gasteiger charge is -2.07. The van der Waals surface area contributed by atoms with Gasteiger partial charge in [-0.3, -0.25) is 4.98 Å². The largest absolute Gasteiger partial charge is 0.494 e. The summed E-state index contributed by atoms with van der Waals surface area (Å²) >= 11 is 0. The first kappa shape index (κ1) is 15.6. The van der Waals surface area contributed by atoms with Crippen molar-refractivity contribution >= 4 is 0 Å². The number of halogens is 2. The lowest BCUT2D eigenvalue weighted by molar-refractivity contribution is 0.371. The first-order valence-corrected chi connectivity index (χ1v) is 7.78. The Morgan fingerprint density at radius 3 is 2.40 bits per heavy atom. The molecule has 25 heavy (non-hydrogen) atoms. The van der Waals surface area contributed by atoms with E-state index in [-0.39, 0.29) is 17.6 Å². The molecule has 2 unspecified atom stereocenters.